The molecule has 0 N–H and O–H groups in total. The minimum absolute atomic E-state index is 0.0499. The van der Waals surface area contributed by atoms with Crippen molar-refractivity contribution in [3.63, 3.8) is 0 Å². The predicted molar refractivity (Wildman–Crippen MR) is 126 cm³/mol. The Kier molecular flexibility index (Phi) is 6.92. The minimum Gasteiger partial charge on any atom is -0.497 e. The molecule has 0 spiro atoms. The van der Waals surface area contributed by atoms with Crippen molar-refractivity contribution in [2.24, 2.45) is 0 Å². The number of amides is 1. The van der Waals surface area contributed by atoms with Crippen LogP contribution in [-0.2, 0) is 0 Å². The van der Waals surface area contributed by atoms with Gasteiger partial charge in [0.25, 0.3) is 5.91 Å². The summed E-state index contributed by atoms with van der Waals surface area (Å²) in [5.74, 6) is 2.76. The van der Waals surface area contributed by atoms with Gasteiger partial charge in [0, 0.05) is 37.8 Å². The van der Waals surface area contributed by atoms with E-state index in [0.717, 1.165) is 22.8 Å². The molecule has 33 heavy (non-hydrogen) atoms. The van der Waals surface area contributed by atoms with Crippen LogP contribution >= 0.6 is 0 Å². The van der Waals surface area contributed by atoms with E-state index in [1.807, 2.05) is 48.2 Å². The Balaban J connectivity index is 1.38. The van der Waals surface area contributed by atoms with Gasteiger partial charge in [-0.2, -0.15) is 0 Å². The number of carbonyl (C=O) groups is 1. The zero-order valence-electron chi connectivity index (χ0n) is 19.2. The second-order valence-electron chi connectivity index (χ2n) is 7.58. The van der Waals surface area contributed by atoms with Crippen molar-refractivity contribution in [3.05, 3.63) is 60.2 Å². The van der Waals surface area contributed by atoms with Gasteiger partial charge in [0.1, 0.15) is 17.2 Å². The van der Waals surface area contributed by atoms with Gasteiger partial charge in [-0.1, -0.05) is 0 Å². The van der Waals surface area contributed by atoms with Gasteiger partial charge in [-0.25, -0.2) is 0 Å². The molecule has 0 aliphatic carbocycles. The molecule has 0 radical (unpaired) electrons. The molecule has 1 fully saturated rings. The normalized spacial score (nSPS) is 13.5. The third-order valence-corrected chi connectivity index (χ3v) is 5.64. The lowest BCUT2D eigenvalue weighted by Crippen LogP contribution is -2.49. The third kappa shape index (κ3) is 5.00. The Morgan fingerprint density at radius 1 is 0.879 bits per heavy atom. The molecule has 0 atom stereocenters. The monoisotopic (exact) mass is 448 g/mol. The summed E-state index contributed by atoms with van der Waals surface area (Å²) in [7, 11) is 3.14. The molecule has 172 valence electrons. The van der Waals surface area contributed by atoms with E-state index >= 15 is 0 Å². The molecule has 0 bridgehead atoms. The summed E-state index contributed by atoms with van der Waals surface area (Å²) in [5, 5.41) is 8.82. The maximum absolute atomic E-state index is 13.0. The fraction of sp³-hybridized carbons (Fsp3) is 0.320. The highest BCUT2D eigenvalue weighted by molar-refractivity contribution is 5.97. The Bertz CT molecular complexity index is 1080. The summed E-state index contributed by atoms with van der Waals surface area (Å²) in [6.07, 6.45) is 0. The topological polar surface area (TPSA) is 77.0 Å². The fourth-order valence-electron chi connectivity index (χ4n) is 3.82. The fourth-order valence-corrected chi connectivity index (χ4v) is 3.82. The lowest BCUT2D eigenvalue weighted by Gasteiger charge is -2.35. The minimum atomic E-state index is -0.0499. The van der Waals surface area contributed by atoms with Gasteiger partial charge in [0.2, 0.25) is 0 Å². The van der Waals surface area contributed by atoms with Crippen LogP contribution in [0.2, 0.25) is 0 Å². The van der Waals surface area contributed by atoms with Crippen molar-refractivity contribution < 1.29 is 19.0 Å². The number of anilines is 1. The van der Waals surface area contributed by atoms with E-state index in [0.29, 0.717) is 49.8 Å². The van der Waals surface area contributed by atoms with Crippen LogP contribution in [0, 0.1) is 0 Å². The van der Waals surface area contributed by atoms with Crippen LogP contribution in [0.4, 0.5) is 5.82 Å². The number of methoxy groups -OCH3 is 2. The first-order chi connectivity index (χ1) is 16.1. The van der Waals surface area contributed by atoms with Gasteiger partial charge in [-0.05, 0) is 55.5 Å². The SMILES string of the molecule is CCOc1ccc(-c2ccc(N3CCN(C(=O)c4ccc(OC)cc4OC)CC3)nn2)cc1. The molecule has 0 unspecified atom stereocenters. The van der Waals surface area contributed by atoms with E-state index < -0.39 is 0 Å². The summed E-state index contributed by atoms with van der Waals surface area (Å²) in [6.45, 7) is 5.15. The Labute approximate surface area is 193 Å². The second kappa shape index (κ2) is 10.2. The largest absolute Gasteiger partial charge is 0.497 e. The van der Waals surface area contributed by atoms with Gasteiger partial charge < -0.3 is 24.0 Å². The molecular formula is C25H28N4O4. The number of benzene rings is 2. The lowest BCUT2D eigenvalue weighted by atomic mass is 10.1. The molecule has 2 aromatic carbocycles. The number of hydrogen-bond acceptors (Lipinski definition) is 7. The van der Waals surface area contributed by atoms with E-state index in [1.54, 1.807) is 32.4 Å². The second-order valence-corrected chi connectivity index (χ2v) is 7.58. The average molecular weight is 449 g/mol. The maximum atomic E-state index is 13.0. The van der Waals surface area contributed by atoms with Gasteiger partial charge in [-0.15, -0.1) is 10.2 Å². The first-order valence-corrected chi connectivity index (χ1v) is 11.0. The van der Waals surface area contributed by atoms with E-state index in [4.69, 9.17) is 14.2 Å². The Hall–Kier alpha value is -3.81. The molecule has 8 heteroatoms. The molecule has 1 aliphatic heterocycles. The molecule has 1 aromatic heterocycles. The van der Waals surface area contributed by atoms with Crippen molar-refractivity contribution >= 4 is 11.7 Å². The van der Waals surface area contributed by atoms with Crippen LogP contribution in [0.5, 0.6) is 17.2 Å². The standard InChI is InChI=1S/C25H28N4O4/c1-4-33-19-7-5-18(6-8-19)22-11-12-24(27-26-22)28-13-15-29(16-14-28)25(30)21-10-9-20(31-2)17-23(21)32-3/h5-12,17H,4,13-16H2,1-3H3. The number of piperazine rings is 1. The summed E-state index contributed by atoms with van der Waals surface area (Å²) in [5.41, 5.74) is 2.33. The molecule has 3 aromatic rings. The Morgan fingerprint density at radius 2 is 1.61 bits per heavy atom. The molecule has 1 amide bonds. The molecule has 2 heterocycles. The van der Waals surface area contributed by atoms with Crippen LogP contribution in [0.1, 0.15) is 17.3 Å². The number of aromatic nitrogens is 2. The van der Waals surface area contributed by atoms with Crippen molar-refractivity contribution in [3.8, 4) is 28.5 Å². The number of carbonyl (C=O) groups excluding carboxylic acids is 1. The highest BCUT2D eigenvalue weighted by Crippen LogP contribution is 2.27. The zero-order valence-corrected chi connectivity index (χ0v) is 19.2. The molecule has 8 nitrogen and oxygen atoms in total. The van der Waals surface area contributed by atoms with Gasteiger partial charge in [0.05, 0.1) is 32.1 Å². The quantitative estimate of drug-likeness (QED) is 0.547. The van der Waals surface area contributed by atoms with Crippen molar-refractivity contribution in [1.29, 1.82) is 0 Å². The van der Waals surface area contributed by atoms with E-state index in [-0.39, 0.29) is 5.91 Å². The van der Waals surface area contributed by atoms with Gasteiger partial charge >= 0.3 is 0 Å². The Morgan fingerprint density at radius 3 is 2.21 bits per heavy atom. The summed E-state index contributed by atoms with van der Waals surface area (Å²) < 4.78 is 16.1. The van der Waals surface area contributed by atoms with Gasteiger partial charge in [0.15, 0.2) is 5.82 Å². The summed E-state index contributed by atoms with van der Waals surface area (Å²) >= 11 is 0. The van der Waals surface area contributed by atoms with Gasteiger partial charge in [-0.3, -0.25) is 4.79 Å². The number of ether oxygens (including phenoxy) is 3. The van der Waals surface area contributed by atoms with Crippen LogP contribution in [-0.4, -0.2) is 68.0 Å². The zero-order chi connectivity index (χ0) is 23.2. The first kappa shape index (κ1) is 22.4. The number of hydrogen-bond donors (Lipinski definition) is 0. The van der Waals surface area contributed by atoms with E-state index in [1.165, 1.54) is 0 Å². The lowest BCUT2D eigenvalue weighted by molar-refractivity contribution is 0.0743. The number of nitrogens with zero attached hydrogens (tertiary/aromatic N) is 4. The summed E-state index contributed by atoms with van der Waals surface area (Å²) in [4.78, 5) is 17.0. The van der Waals surface area contributed by atoms with Crippen molar-refractivity contribution in [2.45, 2.75) is 6.92 Å². The van der Waals surface area contributed by atoms with Crippen LogP contribution in [0.25, 0.3) is 11.3 Å². The molecule has 1 saturated heterocycles. The summed E-state index contributed by atoms with van der Waals surface area (Å²) in [6, 6.07) is 17.0. The van der Waals surface area contributed by atoms with Crippen LogP contribution in [0.15, 0.2) is 54.6 Å². The molecule has 4 rings (SSSR count). The highest BCUT2D eigenvalue weighted by Gasteiger charge is 2.25. The smallest absolute Gasteiger partial charge is 0.257 e. The first-order valence-electron chi connectivity index (χ1n) is 11.0. The maximum Gasteiger partial charge on any atom is 0.257 e. The van der Waals surface area contributed by atoms with Crippen molar-refractivity contribution in [1.82, 2.24) is 15.1 Å². The van der Waals surface area contributed by atoms with E-state index in [9.17, 15) is 4.79 Å². The molecule has 0 saturated carbocycles. The third-order valence-electron chi connectivity index (χ3n) is 5.64. The predicted octanol–water partition coefficient (Wildman–Crippen LogP) is 3.52. The van der Waals surface area contributed by atoms with E-state index in [2.05, 4.69) is 15.1 Å². The van der Waals surface area contributed by atoms with Crippen molar-refractivity contribution in [2.75, 3.05) is 51.9 Å². The highest BCUT2D eigenvalue weighted by atomic mass is 16.5. The number of rotatable bonds is 7. The van der Waals surface area contributed by atoms with Crippen LogP contribution < -0.4 is 19.1 Å². The van der Waals surface area contributed by atoms with Crippen LogP contribution in [0.3, 0.4) is 0 Å². The average Bonchev–Trinajstić information content (AvgIpc) is 2.89. The molecule has 1 aliphatic rings. The molecular weight excluding hydrogens is 420 g/mol.